The summed E-state index contributed by atoms with van der Waals surface area (Å²) in [5, 5.41) is 0. The third-order valence-corrected chi connectivity index (χ3v) is 2.64. The summed E-state index contributed by atoms with van der Waals surface area (Å²) in [6, 6.07) is 0. The van der Waals surface area contributed by atoms with Crippen LogP contribution in [-0.2, 0) is 18.9 Å². The van der Waals surface area contributed by atoms with Crippen LogP contribution in [0.15, 0.2) is 48.6 Å². The van der Waals surface area contributed by atoms with E-state index in [0.29, 0.717) is 26.4 Å². The van der Waals surface area contributed by atoms with Gasteiger partial charge in [0.1, 0.15) is 6.10 Å². The molecule has 0 fully saturated rings. The first-order chi connectivity index (χ1) is 10.6. The summed E-state index contributed by atoms with van der Waals surface area (Å²) in [6.45, 7) is 26.1. The zero-order chi connectivity index (χ0) is 18.0. The van der Waals surface area contributed by atoms with Crippen molar-refractivity contribution in [3.63, 3.8) is 0 Å². The van der Waals surface area contributed by atoms with Crippen LogP contribution < -0.4 is 0 Å². The van der Waals surface area contributed by atoms with Gasteiger partial charge in [0.25, 0.3) is 0 Å². The molecule has 0 amide bonds. The van der Waals surface area contributed by atoms with Crippen molar-refractivity contribution in [2.75, 3.05) is 26.4 Å². The van der Waals surface area contributed by atoms with Crippen LogP contribution in [-0.4, -0.2) is 38.5 Å². The summed E-state index contributed by atoms with van der Waals surface area (Å²) < 4.78 is 23.5. The Bertz CT molecular complexity index is 391. The van der Waals surface area contributed by atoms with Crippen molar-refractivity contribution in [2.45, 2.75) is 46.7 Å². The maximum Gasteiger partial charge on any atom is 0.311 e. The second-order valence-corrected chi connectivity index (χ2v) is 6.25. The van der Waals surface area contributed by atoms with Crippen LogP contribution in [0.5, 0.6) is 0 Å². The molecule has 0 radical (unpaired) electrons. The van der Waals surface area contributed by atoms with E-state index in [1.54, 1.807) is 0 Å². The molecule has 0 aliphatic carbocycles. The van der Waals surface area contributed by atoms with Gasteiger partial charge in [-0.05, 0) is 34.6 Å². The Morgan fingerprint density at radius 1 is 0.696 bits per heavy atom. The minimum Gasteiger partial charge on any atom is -0.366 e. The summed E-state index contributed by atoms with van der Waals surface area (Å²) in [5.74, 6) is -1.35. The molecule has 0 aliphatic rings. The molecule has 0 spiro atoms. The summed E-state index contributed by atoms with van der Waals surface area (Å²) in [6.07, 6.45) is -0.475. The van der Waals surface area contributed by atoms with Crippen LogP contribution in [0.2, 0.25) is 0 Å². The zero-order valence-electron chi connectivity index (χ0n) is 15.4. The second kappa shape index (κ2) is 10.6. The minimum absolute atomic E-state index is 0.299. The molecule has 0 aromatic heterocycles. The van der Waals surface area contributed by atoms with E-state index in [0.717, 1.165) is 22.3 Å². The third kappa shape index (κ3) is 9.51. The maximum absolute atomic E-state index is 5.91. The van der Waals surface area contributed by atoms with Gasteiger partial charge in [-0.1, -0.05) is 48.6 Å². The van der Waals surface area contributed by atoms with Crippen LogP contribution in [0.4, 0.5) is 0 Å². The van der Waals surface area contributed by atoms with Crippen LogP contribution in [0.1, 0.15) is 34.6 Å². The monoisotopic (exact) mass is 324 g/mol. The van der Waals surface area contributed by atoms with Gasteiger partial charge in [0.15, 0.2) is 0 Å². The van der Waals surface area contributed by atoms with Crippen molar-refractivity contribution in [1.82, 2.24) is 0 Å². The lowest BCUT2D eigenvalue weighted by atomic mass is 10.3. The molecule has 4 nitrogen and oxygen atoms in total. The van der Waals surface area contributed by atoms with Gasteiger partial charge in [-0.2, -0.15) is 0 Å². The van der Waals surface area contributed by atoms with E-state index in [1.807, 2.05) is 34.6 Å². The standard InChI is InChI=1S/C19H32O4/c1-14(2)10-20-18(9)19(21-11-15(3)4,22-12-16(5)6)23-13-17(7)8/h18H,1,3,5,7,10-13H2,2,4,6,8-9H3. The fourth-order valence-corrected chi connectivity index (χ4v) is 1.52. The summed E-state index contributed by atoms with van der Waals surface area (Å²) in [7, 11) is 0. The molecule has 23 heavy (non-hydrogen) atoms. The molecule has 4 heteroatoms. The van der Waals surface area contributed by atoms with E-state index in [1.165, 1.54) is 0 Å². The Kier molecular flexibility index (Phi) is 10.0. The highest BCUT2D eigenvalue weighted by Gasteiger charge is 2.41. The van der Waals surface area contributed by atoms with E-state index in [9.17, 15) is 0 Å². The molecular weight excluding hydrogens is 292 g/mol. The third-order valence-electron chi connectivity index (χ3n) is 2.64. The lowest BCUT2D eigenvalue weighted by Crippen LogP contribution is -2.51. The summed E-state index contributed by atoms with van der Waals surface area (Å²) in [4.78, 5) is 0. The second-order valence-electron chi connectivity index (χ2n) is 6.25. The molecule has 0 aromatic carbocycles. The first-order valence-electron chi connectivity index (χ1n) is 7.70. The maximum atomic E-state index is 5.91. The highest BCUT2D eigenvalue weighted by Crippen LogP contribution is 2.26. The van der Waals surface area contributed by atoms with Gasteiger partial charge in [0.2, 0.25) is 0 Å². The molecule has 0 aliphatic heterocycles. The van der Waals surface area contributed by atoms with E-state index in [4.69, 9.17) is 18.9 Å². The molecule has 0 bridgehead atoms. The van der Waals surface area contributed by atoms with E-state index >= 15 is 0 Å². The van der Waals surface area contributed by atoms with Gasteiger partial charge in [0, 0.05) is 0 Å². The lowest BCUT2D eigenvalue weighted by molar-refractivity contribution is -0.407. The Balaban J connectivity index is 5.29. The Labute approximate surface area is 141 Å². The van der Waals surface area contributed by atoms with Crippen LogP contribution >= 0.6 is 0 Å². The van der Waals surface area contributed by atoms with Gasteiger partial charge >= 0.3 is 5.97 Å². The quantitative estimate of drug-likeness (QED) is 0.372. The molecule has 132 valence electrons. The fraction of sp³-hybridized carbons (Fsp3) is 0.579. The van der Waals surface area contributed by atoms with Crippen LogP contribution in [0.25, 0.3) is 0 Å². The molecular formula is C19H32O4. The SMILES string of the molecule is C=C(C)COC(C)C(OCC(=C)C)(OCC(=C)C)OCC(=C)C. The lowest BCUT2D eigenvalue weighted by Gasteiger charge is -2.38. The van der Waals surface area contributed by atoms with Crippen molar-refractivity contribution in [3.8, 4) is 0 Å². The molecule has 1 unspecified atom stereocenters. The molecule has 0 saturated heterocycles. The van der Waals surface area contributed by atoms with Crippen molar-refractivity contribution in [2.24, 2.45) is 0 Å². The van der Waals surface area contributed by atoms with E-state index in [2.05, 4.69) is 26.3 Å². The molecule has 0 heterocycles. The van der Waals surface area contributed by atoms with Crippen molar-refractivity contribution in [3.05, 3.63) is 48.6 Å². The summed E-state index contributed by atoms with van der Waals surface area (Å²) in [5.41, 5.74) is 3.49. The Morgan fingerprint density at radius 2 is 1.00 bits per heavy atom. The Hall–Kier alpha value is -1.20. The smallest absolute Gasteiger partial charge is 0.311 e. The average Bonchev–Trinajstić information content (AvgIpc) is 2.43. The average molecular weight is 324 g/mol. The van der Waals surface area contributed by atoms with Gasteiger partial charge in [-0.3, -0.25) is 0 Å². The largest absolute Gasteiger partial charge is 0.366 e. The fourth-order valence-electron chi connectivity index (χ4n) is 1.52. The van der Waals surface area contributed by atoms with Crippen molar-refractivity contribution >= 4 is 0 Å². The normalized spacial score (nSPS) is 12.7. The molecule has 0 rings (SSSR count). The molecule has 0 aromatic rings. The molecule has 1 atom stereocenters. The van der Waals surface area contributed by atoms with Gasteiger partial charge < -0.3 is 18.9 Å². The van der Waals surface area contributed by atoms with Crippen molar-refractivity contribution < 1.29 is 18.9 Å². The molecule has 0 saturated carbocycles. The highest BCUT2D eigenvalue weighted by atomic mass is 16.9. The van der Waals surface area contributed by atoms with Crippen molar-refractivity contribution in [1.29, 1.82) is 0 Å². The minimum atomic E-state index is -1.35. The van der Waals surface area contributed by atoms with E-state index in [-0.39, 0.29) is 0 Å². The number of hydrogen-bond donors (Lipinski definition) is 0. The highest BCUT2D eigenvalue weighted by molar-refractivity contribution is 4.93. The number of hydrogen-bond acceptors (Lipinski definition) is 4. The van der Waals surface area contributed by atoms with Crippen LogP contribution in [0, 0.1) is 0 Å². The topological polar surface area (TPSA) is 36.9 Å². The first kappa shape index (κ1) is 21.8. The number of ether oxygens (including phenoxy) is 4. The predicted octanol–water partition coefficient (Wildman–Crippen LogP) is 4.40. The van der Waals surface area contributed by atoms with Gasteiger partial charge in [-0.15, -0.1) is 0 Å². The Morgan fingerprint density at radius 3 is 1.26 bits per heavy atom. The van der Waals surface area contributed by atoms with Gasteiger partial charge in [-0.25, -0.2) is 0 Å². The predicted molar refractivity (Wildman–Crippen MR) is 95.3 cm³/mol. The summed E-state index contributed by atoms with van der Waals surface area (Å²) >= 11 is 0. The van der Waals surface area contributed by atoms with E-state index < -0.39 is 12.1 Å². The number of rotatable bonds is 13. The van der Waals surface area contributed by atoms with Gasteiger partial charge in [0.05, 0.1) is 26.4 Å². The first-order valence-corrected chi connectivity index (χ1v) is 7.70. The zero-order valence-corrected chi connectivity index (χ0v) is 15.4. The molecule has 0 N–H and O–H groups in total. The van der Waals surface area contributed by atoms with Crippen LogP contribution in [0.3, 0.4) is 0 Å².